The molecule has 39 heavy (non-hydrogen) atoms. The van der Waals surface area contributed by atoms with Crippen molar-refractivity contribution in [3.8, 4) is 17.5 Å². The van der Waals surface area contributed by atoms with Crippen LogP contribution in [0.25, 0.3) is 5.69 Å². The van der Waals surface area contributed by atoms with Gasteiger partial charge in [0, 0.05) is 31.8 Å². The maximum Gasteiger partial charge on any atom is 0.239 e. The molecule has 3 heterocycles. The van der Waals surface area contributed by atoms with Gasteiger partial charge in [-0.1, -0.05) is 6.07 Å². The summed E-state index contributed by atoms with van der Waals surface area (Å²) >= 11 is 0. The fourth-order valence-corrected chi connectivity index (χ4v) is 4.30. The van der Waals surface area contributed by atoms with Gasteiger partial charge in [0.05, 0.1) is 37.8 Å². The number of aromatic nitrogens is 3. The Bertz CT molecular complexity index is 1290. The Kier molecular flexibility index (Phi) is 10.1. The van der Waals surface area contributed by atoms with Gasteiger partial charge in [-0.3, -0.25) is 9.63 Å². The van der Waals surface area contributed by atoms with Crippen LogP contribution in [-0.4, -0.2) is 58.3 Å². The summed E-state index contributed by atoms with van der Waals surface area (Å²) < 4.78 is 7.73. The van der Waals surface area contributed by atoms with Crippen molar-refractivity contribution < 1.29 is 19.2 Å². The number of carbonyl (C=O) groups is 2. The molecule has 1 amide bonds. The van der Waals surface area contributed by atoms with E-state index in [9.17, 15) is 9.59 Å². The van der Waals surface area contributed by atoms with Gasteiger partial charge < -0.3 is 20.2 Å². The molecule has 0 fully saturated rings. The molecule has 1 atom stereocenters. The lowest BCUT2D eigenvalue weighted by Gasteiger charge is -2.33. The Balaban J connectivity index is 1.17. The van der Waals surface area contributed by atoms with Crippen molar-refractivity contribution in [3.63, 3.8) is 0 Å². The van der Waals surface area contributed by atoms with E-state index in [1.807, 2.05) is 42.7 Å². The highest BCUT2D eigenvalue weighted by atomic mass is 16.7. The van der Waals surface area contributed by atoms with Crippen molar-refractivity contribution in [2.24, 2.45) is 0 Å². The van der Waals surface area contributed by atoms with Crippen molar-refractivity contribution in [1.29, 1.82) is 5.26 Å². The van der Waals surface area contributed by atoms with Crippen LogP contribution < -0.4 is 15.4 Å². The predicted molar refractivity (Wildman–Crippen MR) is 142 cm³/mol. The number of rotatable bonds is 14. The number of fused-ring (bicyclic) bond motifs is 1. The van der Waals surface area contributed by atoms with Crippen LogP contribution in [0.3, 0.4) is 0 Å². The van der Waals surface area contributed by atoms with Crippen LogP contribution in [0.1, 0.15) is 48.1 Å². The summed E-state index contributed by atoms with van der Waals surface area (Å²) in [5.41, 5.74) is 4.37. The summed E-state index contributed by atoms with van der Waals surface area (Å²) in [6, 6.07) is 10.9. The molecule has 2 N–H and O–H groups in total. The van der Waals surface area contributed by atoms with Crippen molar-refractivity contribution >= 4 is 12.2 Å². The number of amides is 1. The van der Waals surface area contributed by atoms with E-state index in [4.69, 9.17) is 14.8 Å². The summed E-state index contributed by atoms with van der Waals surface area (Å²) in [6.07, 6.45) is 8.77. The number of ether oxygens (including phenoxy) is 1. The number of unbranched alkanes of at least 4 members (excludes halogenated alkanes) is 1. The quantitative estimate of drug-likeness (QED) is 0.238. The highest BCUT2D eigenvalue weighted by molar-refractivity contribution is 5.81. The first-order chi connectivity index (χ1) is 19.1. The first kappa shape index (κ1) is 27.9. The topological polar surface area (TPSA) is 134 Å². The molecule has 1 unspecified atom stereocenters. The number of nitrogens with one attached hydrogen (secondary N) is 2. The third kappa shape index (κ3) is 7.70. The molecule has 11 nitrogen and oxygen atoms in total. The molecule has 0 radical (unpaired) electrons. The Hall–Kier alpha value is -4.11. The number of likely N-dealkylation sites (N-methyl/N-ethyl adjacent to an activating group) is 1. The van der Waals surface area contributed by atoms with Crippen molar-refractivity contribution in [1.82, 2.24) is 30.5 Å². The van der Waals surface area contributed by atoms with Crippen LogP contribution in [0, 0.1) is 11.3 Å². The molecule has 11 heteroatoms. The standard InChI is InChI=1S/C28H33N7O4/c1-30-28(37)27(5-4-11-36)35-19-23-13-26(9-6-22(23)20-39-35)38-12-3-2-10-31-15-21-16-33-34(18-21)25-8-7-24(14-29)32-17-25/h6-9,11,13,16-18,27,31H,2-5,10,12,15,19-20H2,1H3,(H,30,37). The Morgan fingerprint density at radius 3 is 2.92 bits per heavy atom. The summed E-state index contributed by atoms with van der Waals surface area (Å²) in [7, 11) is 1.58. The Morgan fingerprint density at radius 2 is 2.15 bits per heavy atom. The minimum Gasteiger partial charge on any atom is -0.494 e. The highest BCUT2D eigenvalue weighted by Crippen LogP contribution is 2.27. The third-order valence-corrected chi connectivity index (χ3v) is 6.45. The molecule has 0 spiro atoms. The number of hydrogen-bond donors (Lipinski definition) is 2. The highest BCUT2D eigenvalue weighted by Gasteiger charge is 2.29. The van der Waals surface area contributed by atoms with Gasteiger partial charge in [-0.15, -0.1) is 0 Å². The van der Waals surface area contributed by atoms with Gasteiger partial charge in [0.2, 0.25) is 5.91 Å². The Morgan fingerprint density at radius 1 is 1.26 bits per heavy atom. The number of carbonyl (C=O) groups excluding carboxylic acids is 2. The zero-order valence-corrected chi connectivity index (χ0v) is 22.0. The van der Waals surface area contributed by atoms with Crippen LogP contribution in [-0.2, 0) is 34.1 Å². The van der Waals surface area contributed by atoms with Gasteiger partial charge in [0.15, 0.2) is 0 Å². The average molecular weight is 532 g/mol. The lowest BCUT2D eigenvalue weighted by atomic mass is 10.0. The smallest absolute Gasteiger partial charge is 0.239 e. The molecular formula is C28H33N7O4. The van der Waals surface area contributed by atoms with Gasteiger partial charge in [0.25, 0.3) is 0 Å². The van der Waals surface area contributed by atoms with Gasteiger partial charge >= 0.3 is 0 Å². The molecule has 1 aliphatic heterocycles. The van der Waals surface area contributed by atoms with E-state index in [1.54, 1.807) is 29.1 Å². The van der Waals surface area contributed by atoms with Crippen LogP contribution in [0.2, 0.25) is 0 Å². The SMILES string of the molecule is CNC(=O)C(CCC=O)N1Cc2cc(OCCCCNCc3cnn(-c4ccc(C#N)nc4)c3)ccc2CO1. The molecular weight excluding hydrogens is 498 g/mol. The van der Waals surface area contributed by atoms with Crippen LogP contribution >= 0.6 is 0 Å². The second kappa shape index (κ2) is 14.2. The number of aldehydes is 1. The van der Waals surface area contributed by atoms with Crippen LogP contribution in [0.15, 0.2) is 48.9 Å². The zero-order chi connectivity index (χ0) is 27.5. The van der Waals surface area contributed by atoms with Crippen LogP contribution in [0.4, 0.5) is 0 Å². The number of nitriles is 1. The molecule has 4 rings (SSSR count). The molecule has 0 aliphatic carbocycles. The average Bonchev–Trinajstić information content (AvgIpc) is 3.45. The normalized spacial score (nSPS) is 13.7. The van der Waals surface area contributed by atoms with E-state index < -0.39 is 6.04 Å². The van der Waals surface area contributed by atoms with E-state index in [2.05, 4.69) is 20.7 Å². The van der Waals surface area contributed by atoms with Crippen LogP contribution in [0.5, 0.6) is 5.75 Å². The number of hydroxylamine groups is 2. The first-order valence-corrected chi connectivity index (χ1v) is 13.0. The number of hydrogen-bond acceptors (Lipinski definition) is 9. The second-order valence-corrected chi connectivity index (χ2v) is 9.19. The summed E-state index contributed by atoms with van der Waals surface area (Å²) in [5, 5.41) is 21.0. The molecule has 1 aliphatic rings. The molecule has 1 aromatic carbocycles. The minimum atomic E-state index is -0.521. The maximum atomic E-state index is 12.3. The van der Waals surface area contributed by atoms with E-state index in [0.29, 0.717) is 44.8 Å². The first-order valence-electron chi connectivity index (χ1n) is 13.0. The maximum absolute atomic E-state index is 12.3. The second-order valence-electron chi connectivity index (χ2n) is 9.19. The van der Waals surface area contributed by atoms with E-state index in [0.717, 1.165) is 53.8 Å². The number of benzene rings is 1. The monoisotopic (exact) mass is 531 g/mol. The zero-order valence-electron chi connectivity index (χ0n) is 22.0. The third-order valence-electron chi connectivity index (χ3n) is 6.45. The minimum absolute atomic E-state index is 0.168. The fourth-order valence-electron chi connectivity index (χ4n) is 4.30. The largest absolute Gasteiger partial charge is 0.494 e. The summed E-state index contributed by atoms with van der Waals surface area (Å²) in [5.74, 6) is 0.622. The molecule has 204 valence electrons. The van der Waals surface area contributed by atoms with Crippen molar-refractivity contribution in [2.45, 2.75) is 51.4 Å². The molecule has 0 saturated heterocycles. The number of nitrogens with zero attached hydrogens (tertiary/aromatic N) is 5. The predicted octanol–water partition coefficient (Wildman–Crippen LogP) is 2.43. The van der Waals surface area contributed by atoms with E-state index in [-0.39, 0.29) is 5.91 Å². The van der Waals surface area contributed by atoms with Gasteiger partial charge in [0.1, 0.15) is 29.8 Å². The number of pyridine rings is 1. The Labute approximate surface area is 227 Å². The van der Waals surface area contributed by atoms with E-state index in [1.165, 1.54) is 0 Å². The molecule has 3 aromatic rings. The molecule has 2 aromatic heterocycles. The lowest BCUT2D eigenvalue weighted by molar-refractivity contribution is -0.214. The van der Waals surface area contributed by atoms with Gasteiger partial charge in [-0.25, -0.2) is 9.67 Å². The molecule has 0 bridgehead atoms. The van der Waals surface area contributed by atoms with Gasteiger partial charge in [-0.2, -0.15) is 15.4 Å². The lowest BCUT2D eigenvalue weighted by Crippen LogP contribution is -2.46. The van der Waals surface area contributed by atoms with Crippen molar-refractivity contribution in [3.05, 3.63) is 71.3 Å². The van der Waals surface area contributed by atoms with Gasteiger partial charge in [-0.05, 0) is 61.2 Å². The summed E-state index contributed by atoms with van der Waals surface area (Å²) in [6.45, 7) is 2.98. The fraction of sp³-hybridized carbons (Fsp3) is 0.393. The molecule has 0 saturated carbocycles. The summed E-state index contributed by atoms with van der Waals surface area (Å²) in [4.78, 5) is 33.0. The van der Waals surface area contributed by atoms with E-state index >= 15 is 0 Å². The van der Waals surface area contributed by atoms with Crippen molar-refractivity contribution in [2.75, 3.05) is 20.2 Å².